The van der Waals surface area contributed by atoms with Crippen LogP contribution in [-0.2, 0) is 11.1 Å². The van der Waals surface area contributed by atoms with Crippen molar-refractivity contribution in [3.63, 3.8) is 0 Å². The van der Waals surface area contributed by atoms with E-state index in [2.05, 4.69) is 0 Å². The monoisotopic (exact) mass is 176 g/mol. The van der Waals surface area contributed by atoms with Crippen LogP contribution in [0.4, 0.5) is 0 Å². The molecular weight excluding hydrogens is 162 g/mol. The van der Waals surface area contributed by atoms with Crippen LogP contribution in [0.5, 0.6) is 0 Å². The minimum absolute atomic E-state index is 0.132. The normalized spacial score (nSPS) is 26.4. The summed E-state index contributed by atoms with van der Waals surface area (Å²) < 4.78 is 20.8. The SMILES string of the molecule is NC1(CS(=O)[O-])CCCCC1. The fourth-order valence-electron chi connectivity index (χ4n) is 1.63. The molecule has 1 rings (SSSR count). The summed E-state index contributed by atoms with van der Waals surface area (Å²) in [6, 6.07) is 0. The van der Waals surface area contributed by atoms with Gasteiger partial charge in [-0.05, 0) is 12.8 Å². The van der Waals surface area contributed by atoms with E-state index in [0.29, 0.717) is 0 Å². The lowest BCUT2D eigenvalue weighted by molar-refractivity contribution is 0.321. The zero-order chi connectivity index (χ0) is 8.32. The van der Waals surface area contributed by atoms with Crippen LogP contribution in [0.3, 0.4) is 0 Å². The van der Waals surface area contributed by atoms with Crippen LogP contribution in [-0.4, -0.2) is 20.1 Å². The molecule has 0 aromatic rings. The second kappa shape index (κ2) is 3.65. The highest BCUT2D eigenvalue weighted by atomic mass is 32.2. The predicted molar refractivity (Wildman–Crippen MR) is 43.8 cm³/mol. The van der Waals surface area contributed by atoms with Gasteiger partial charge in [0.25, 0.3) is 0 Å². The van der Waals surface area contributed by atoms with Crippen molar-refractivity contribution in [1.82, 2.24) is 0 Å². The molecule has 0 spiro atoms. The van der Waals surface area contributed by atoms with Crippen LogP contribution in [0, 0.1) is 0 Å². The molecule has 4 heteroatoms. The van der Waals surface area contributed by atoms with Gasteiger partial charge >= 0.3 is 0 Å². The minimum atomic E-state index is -1.98. The average Bonchev–Trinajstić information content (AvgIpc) is 1.85. The highest BCUT2D eigenvalue weighted by Crippen LogP contribution is 2.26. The molecule has 2 N–H and O–H groups in total. The molecule has 0 radical (unpaired) electrons. The van der Waals surface area contributed by atoms with E-state index in [9.17, 15) is 8.76 Å². The van der Waals surface area contributed by atoms with Gasteiger partial charge in [0.1, 0.15) is 0 Å². The Hall–Kier alpha value is 0.0700. The molecule has 1 saturated carbocycles. The summed E-state index contributed by atoms with van der Waals surface area (Å²) in [6.45, 7) is 0. The summed E-state index contributed by atoms with van der Waals surface area (Å²) in [5.74, 6) is 0.132. The van der Waals surface area contributed by atoms with Crippen LogP contribution in [0.25, 0.3) is 0 Å². The van der Waals surface area contributed by atoms with Gasteiger partial charge in [-0.1, -0.05) is 30.3 Å². The first-order valence-corrected chi connectivity index (χ1v) is 5.22. The Kier molecular flexibility index (Phi) is 3.04. The van der Waals surface area contributed by atoms with Gasteiger partial charge < -0.3 is 10.3 Å². The first-order valence-electron chi connectivity index (χ1n) is 3.97. The maximum absolute atomic E-state index is 10.4. The van der Waals surface area contributed by atoms with E-state index >= 15 is 0 Å². The molecule has 11 heavy (non-hydrogen) atoms. The second-order valence-corrected chi connectivity index (χ2v) is 4.27. The van der Waals surface area contributed by atoms with E-state index in [4.69, 9.17) is 5.73 Å². The first-order chi connectivity index (χ1) is 5.12. The van der Waals surface area contributed by atoms with Crippen molar-refractivity contribution >= 4 is 11.1 Å². The van der Waals surface area contributed by atoms with Crippen LogP contribution < -0.4 is 5.73 Å². The van der Waals surface area contributed by atoms with Gasteiger partial charge in [0.2, 0.25) is 0 Å². The van der Waals surface area contributed by atoms with Crippen LogP contribution in [0.15, 0.2) is 0 Å². The molecule has 1 aliphatic rings. The molecular formula is C7H14NO2S-. The van der Waals surface area contributed by atoms with E-state index < -0.39 is 16.6 Å². The summed E-state index contributed by atoms with van der Waals surface area (Å²) in [4.78, 5) is 0. The molecule has 66 valence electrons. The van der Waals surface area contributed by atoms with Crippen molar-refractivity contribution in [1.29, 1.82) is 0 Å². The molecule has 0 aliphatic heterocycles. The highest BCUT2D eigenvalue weighted by molar-refractivity contribution is 7.79. The Balaban J connectivity index is 2.43. The van der Waals surface area contributed by atoms with Gasteiger partial charge in [0.05, 0.1) is 0 Å². The number of nitrogens with two attached hydrogens (primary N) is 1. The minimum Gasteiger partial charge on any atom is -0.772 e. The lowest BCUT2D eigenvalue weighted by Gasteiger charge is -2.33. The molecule has 0 saturated heterocycles. The van der Waals surface area contributed by atoms with Crippen molar-refractivity contribution in [3.8, 4) is 0 Å². The zero-order valence-corrected chi connectivity index (χ0v) is 7.36. The van der Waals surface area contributed by atoms with Crippen LogP contribution in [0.1, 0.15) is 32.1 Å². The maximum Gasteiger partial charge on any atom is 0.0282 e. The average molecular weight is 176 g/mol. The molecule has 1 fully saturated rings. The lowest BCUT2D eigenvalue weighted by atomic mass is 9.84. The van der Waals surface area contributed by atoms with Gasteiger partial charge in [-0.3, -0.25) is 4.21 Å². The van der Waals surface area contributed by atoms with Crippen LogP contribution >= 0.6 is 0 Å². The molecule has 1 atom stereocenters. The smallest absolute Gasteiger partial charge is 0.0282 e. The van der Waals surface area contributed by atoms with Gasteiger partial charge in [-0.15, -0.1) is 0 Å². The third-order valence-electron chi connectivity index (χ3n) is 2.25. The van der Waals surface area contributed by atoms with Crippen LogP contribution in [0.2, 0.25) is 0 Å². The lowest BCUT2D eigenvalue weighted by Crippen LogP contribution is -2.46. The topological polar surface area (TPSA) is 66.2 Å². The van der Waals surface area contributed by atoms with Crippen molar-refractivity contribution in [2.24, 2.45) is 5.73 Å². The van der Waals surface area contributed by atoms with Crippen molar-refractivity contribution < 1.29 is 8.76 Å². The largest absolute Gasteiger partial charge is 0.772 e. The molecule has 3 nitrogen and oxygen atoms in total. The standard InChI is InChI=1S/C7H15NO2S/c8-7(6-11(9)10)4-2-1-3-5-7/h1-6,8H2,(H,9,10)/p-1. The second-order valence-electron chi connectivity index (χ2n) is 3.37. The molecule has 0 heterocycles. The van der Waals surface area contributed by atoms with E-state index in [0.717, 1.165) is 25.7 Å². The van der Waals surface area contributed by atoms with Gasteiger partial charge in [-0.25, -0.2) is 0 Å². The van der Waals surface area contributed by atoms with E-state index in [-0.39, 0.29) is 5.75 Å². The highest BCUT2D eigenvalue weighted by Gasteiger charge is 2.26. The van der Waals surface area contributed by atoms with Crippen molar-refractivity contribution in [2.75, 3.05) is 5.75 Å². The number of hydrogen-bond acceptors (Lipinski definition) is 3. The molecule has 1 unspecified atom stereocenters. The summed E-state index contributed by atoms with van der Waals surface area (Å²) in [7, 11) is 0. The number of rotatable bonds is 2. The Bertz CT molecular complexity index is 155. The fraction of sp³-hybridized carbons (Fsp3) is 1.00. The molecule has 0 aromatic carbocycles. The van der Waals surface area contributed by atoms with E-state index in [1.165, 1.54) is 6.42 Å². The predicted octanol–water partition coefficient (Wildman–Crippen LogP) is 0.527. The summed E-state index contributed by atoms with van der Waals surface area (Å²) in [5, 5.41) is 0. The van der Waals surface area contributed by atoms with Crippen molar-refractivity contribution in [2.45, 2.75) is 37.6 Å². The third kappa shape index (κ3) is 2.89. The Morgan fingerprint density at radius 2 is 1.91 bits per heavy atom. The van der Waals surface area contributed by atoms with Gasteiger partial charge in [0.15, 0.2) is 0 Å². The quantitative estimate of drug-likeness (QED) is 0.624. The Labute approximate surface area is 69.6 Å². The Morgan fingerprint density at radius 3 is 2.36 bits per heavy atom. The van der Waals surface area contributed by atoms with E-state index in [1.54, 1.807) is 0 Å². The summed E-state index contributed by atoms with van der Waals surface area (Å²) >= 11 is -1.98. The zero-order valence-electron chi connectivity index (χ0n) is 6.54. The van der Waals surface area contributed by atoms with Gasteiger partial charge in [-0.2, -0.15) is 0 Å². The Morgan fingerprint density at radius 1 is 1.36 bits per heavy atom. The third-order valence-corrected chi connectivity index (χ3v) is 3.07. The summed E-state index contributed by atoms with van der Waals surface area (Å²) in [5.41, 5.74) is 5.46. The van der Waals surface area contributed by atoms with Crippen molar-refractivity contribution in [3.05, 3.63) is 0 Å². The van der Waals surface area contributed by atoms with Gasteiger partial charge in [0, 0.05) is 11.3 Å². The maximum atomic E-state index is 10.4. The molecule has 0 aromatic heterocycles. The molecule has 1 aliphatic carbocycles. The first kappa shape index (κ1) is 9.16. The summed E-state index contributed by atoms with van der Waals surface area (Å²) in [6.07, 6.45) is 5.08. The fourth-order valence-corrected chi connectivity index (χ4v) is 2.39. The van der Waals surface area contributed by atoms with E-state index in [1.807, 2.05) is 0 Å². The molecule has 0 bridgehead atoms. The molecule has 0 amide bonds. The number of hydrogen-bond donors (Lipinski definition) is 1.